The predicted octanol–water partition coefficient (Wildman–Crippen LogP) is 3.02. The van der Waals surface area contributed by atoms with Crippen LogP contribution in [0.2, 0.25) is 0 Å². The van der Waals surface area contributed by atoms with Gasteiger partial charge < -0.3 is 19.5 Å². The van der Waals surface area contributed by atoms with E-state index in [9.17, 15) is 9.90 Å². The maximum atomic E-state index is 12.5. The number of aliphatic hydroxyl groups excluding tert-OH is 1. The molecule has 2 aromatic carbocycles. The van der Waals surface area contributed by atoms with Gasteiger partial charge in [-0.3, -0.25) is 0 Å². The topological polar surface area (TPSA) is 59.0 Å². The molecule has 1 fully saturated rings. The van der Waals surface area contributed by atoms with E-state index in [4.69, 9.17) is 9.47 Å². The largest absolute Gasteiger partial charge is 0.448 e. The van der Waals surface area contributed by atoms with Crippen LogP contribution in [0, 0.1) is 0 Å². The fourth-order valence-corrected chi connectivity index (χ4v) is 4.03. The molecule has 0 spiro atoms. The maximum absolute atomic E-state index is 12.5. The summed E-state index contributed by atoms with van der Waals surface area (Å²) in [4.78, 5) is 14.1. The van der Waals surface area contributed by atoms with Gasteiger partial charge in [-0.25, -0.2) is 4.79 Å². The summed E-state index contributed by atoms with van der Waals surface area (Å²) in [6.07, 6.45) is -0.579. The van der Waals surface area contributed by atoms with Crippen LogP contribution in [-0.4, -0.2) is 55.1 Å². The van der Waals surface area contributed by atoms with E-state index in [-0.39, 0.29) is 25.2 Å². The number of β-amino-alcohol motifs (C(OH)–C–C–N with tert-alkyl or cyclic N) is 1. The third kappa shape index (κ3) is 3.08. The Kier molecular flexibility index (Phi) is 4.66. The van der Waals surface area contributed by atoms with Crippen LogP contribution in [0.5, 0.6) is 0 Å². The number of rotatable bonds is 3. The number of amides is 1. The number of hydrogen-bond acceptors (Lipinski definition) is 4. The lowest BCUT2D eigenvalue weighted by Gasteiger charge is -2.34. The Bertz CT molecular complexity index is 761. The minimum atomic E-state index is -0.575. The second kappa shape index (κ2) is 7.09. The molecule has 1 heterocycles. The van der Waals surface area contributed by atoms with Crippen LogP contribution in [0.25, 0.3) is 11.1 Å². The maximum Gasteiger partial charge on any atom is 0.409 e. The first kappa shape index (κ1) is 17.1. The van der Waals surface area contributed by atoms with Gasteiger partial charge in [-0.05, 0) is 22.3 Å². The van der Waals surface area contributed by atoms with Gasteiger partial charge >= 0.3 is 6.09 Å². The molecule has 5 nitrogen and oxygen atoms in total. The van der Waals surface area contributed by atoms with E-state index in [1.165, 1.54) is 27.2 Å². The monoisotopic (exact) mass is 353 g/mol. The summed E-state index contributed by atoms with van der Waals surface area (Å²) in [6, 6.07) is 16.5. The Balaban J connectivity index is 1.49. The fourth-order valence-electron chi connectivity index (χ4n) is 4.03. The van der Waals surface area contributed by atoms with E-state index < -0.39 is 12.2 Å². The minimum absolute atomic E-state index is 0.0410. The standard InChI is InChI=1S/C21H23NO4/c1-25-15-10-14(23)11-22(12-15)21(24)26-13-20-18-8-4-2-6-16(18)17-7-3-5-9-19(17)20/h2-9,14-15,20,23H,10-13H2,1H3/t14-,15-/m1/s1. The van der Waals surface area contributed by atoms with E-state index in [1.807, 2.05) is 24.3 Å². The lowest BCUT2D eigenvalue weighted by molar-refractivity contribution is -0.0280. The first-order chi connectivity index (χ1) is 12.7. The fraction of sp³-hybridized carbons (Fsp3) is 0.381. The Labute approximate surface area is 153 Å². The molecule has 5 heteroatoms. The first-order valence-corrected chi connectivity index (χ1v) is 8.98. The zero-order valence-electron chi connectivity index (χ0n) is 14.8. The lowest BCUT2D eigenvalue weighted by atomic mass is 9.98. The molecule has 1 saturated heterocycles. The highest BCUT2D eigenvalue weighted by Gasteiger charge is 2.32. The van der Waals surface area contributed by atoms with Crippen LogP contribution in [0.15, 0.2) is 48.5 Å². The summed E-state index contributed by atoms with van der Waals surface area (Å²) in [5.41, 5.74) is 4.79. The number of benzene rings is 2. The molecule has 2 atom stereocenters. The molecule has 1 amide bonds. The zero-order valence-corrected chi connectivity index (χ0v) is 14.8. The molecule has 0 bridgehead atoms. The number of fused-ring (bicyclic) bond motifs is 3. The van der Waals surface area contributed by atoms with Gasteiger partial charge in [-0.2, -0.15) is 0 Å². The molecule has 1 N–H and O–H groups in total. The van der Waals surface area contributed by atoms with Crippen molar-refractivity contribution < 1.29 is 19.4 Å². The van der Waals surface area contributed by atoms with Gasteiger partial charge in [0.15, 0.2) is 0 Å². The van der Waals surface area contributed by atoms with E-state index in [0.717, 1.165) is 0 Å². The van der Waals surface area contributed by atoms with Crippen molar-refractivity contribution in [2.45, 2.75) is 24.5 Å². The average Bonchev–Trinajstić information content (AvgIpc) is 2.99. The van der Waals surface area contributed by atoms with Gasteiger partial charge in [0, 0.05) is 19.4 Å². The lowest BCUT2D eigenvalue weighted by Crippen LogP contribution is -2.49. The first-order valence-electron chi connectivity index (χ1n) is 8.98. The predicted molar refractivity (Wildman–Crippen MR) is 98.1 cm³/mol. The summed E-state index contributed by atoms with van der Waals surface area (Å²) in [7, 11) is 1.60. The van der Waals surface area contributed by atoms with Crippen molar-refractivity contribution in [1.82, 2.24) is 4.90 Å². The average molecular weight is 353 g/mol. The second-order valence-electron chi connectivity index (χ2n) is 6.96. The molecule has 4 rings (SSSR count). The number of hydrogen-bond donors (Lipinski definition) is 1. The van der Waals surface area contributed by atoms with Gasteiger partial charge in [0.2, 0.25) is 0 Å². The molecular weight excluding hydrogens is 330 g/mol. The van der Waals surface area contributed by atoms with Crippen molar-refractivity contribution in [1.29, 1.82) is 0 Å². The highest BCUT2D eigenvalue weighted by atomic mass is 16.6. The highest BCUT2D eigenvalue weighted by Crippen LogP contribution is 2.44. The molecule has 0 saturated carbocycles. The Morgan fingerprint density at radius 2 is 1.69 bits per heavy atom. The van der Waals surface area contributed by atoms with Gasteiger partial charge in [0.25, 0.3) is 0 Å². The van der Waals surface area contributed by atoms with Crippen molar-refractivity contribution >= 4 is 6.09 Å². The Morgan fingerprint density at radius 1 is 1.08 bits per heavy atom. The molecule has 1 aliphatic carbocycles. The molecule has 0 aromatic heterocycles. The number of ether oxygens (including phenoxy) is 2. The number of aliphatic hydroxyl groups is 1. The molecule has 136 valence electrons. The van der Waals surface area contributed by atoms with Gasteiger partial charge in [-0.15, -0.1) is 0 Å². The zero-order chi connectivity index (χ0) is 18.1. The van der Waals surface area contributed by atoms with Crippen LogP contribution in [0.4, 0.5) is 4.79 Å². The van der Waals surface area contributed by atoms with Crippen LogP contribution in [0.1, 0.15) is 23.5 Å². The normalized spacial score (nSPS) is 22.0. The van der Waals surface area contributed by atoms with Crippen molar-refractivity contribution in [3.8, 4) is 11.1 Å². The molecule has 2 aliphatic rings. The molecule has 0 radical (unpaired) electrons. The molecule has 0 unspecified atom stereocenters. The third-order valence-corrected chi connectivity index (χ3v) is 5.32. The summed E-state index contributed by atoms with van der Waals surface area (Å²) < 4.78 is 10.9. The summed E-state index contributed by atoms with van der Waals surface area (Å²) in [5.74, 6) is 0.0410. The minimum Gasteiger partial charge on any atom is -0.448 e. The SMILES string of the molecule is CO[C@@H]1C[C@@H](O)CN(C(=O)OCC2c3ccccc3-c3ccccc32)C1. The second-order valence-corrected chi connectivity index (χ2v) is 6.96. The van der Waals surface area contributed by atoms with Crippen molar-refractivity contribution in [3.63, 3.8) is 0 Å². The van der Waals surface area contributed by atoms with E-state index in [1.54, 1.807) is 7.11 Å². The molecule has 1 aliphatic heterocycles. The Morgan fingerprint density at radius 3 is 2.31 bits per heavy atom. The third-order valence-electron chi connectivity index (χ3n) is 5.32. The van der Waals surface area contributed by atoms with E-state index in [0.29, 0.717) is 13.0 Å². The number of carbonyl (C=O) groups is 1. The van der Waals surface area contributed by atoms with E-state index >= 15 is 0 Å². The van der Waals surface area contributed by atoms with Crippen molar-refractivity contribution in [2.75, 3.05) is 26.8 Å². The van der Waals surface area contributed by atoms with Crippen molar-refractivity contribution in [2.24, 2.45) is 0 Å². The van der Waals surface area contributed by atoms with Gasteiger partial charge in [-0.1, -0.05) is 48.5 Å². The summed E-state index contributed by atoms with van der Waals surface area (Å²) in [5, 5.41) is 9.94. The van der Waals surface area contributed by atoms with Crippen molar-refractivity contribution in [3.05, 3.63) is 59.7 Å². The number of piperidine rings is 1. The molecular formula is C21H23NO4. The summed E-state index contributed by atoms with van der Waals surface area (Å²) in [6.45, 7) is 1.03. The van der Waals surface area contributed by atoms with Gasteiger partial charge in [0.1, 0.15) is 6.61 Å². The number of nitrogens with zero attached hydrogens (tertiary/aromatic N) is 1. The quantitative estimate of drug-likeness (QED) is 0.921. The Hall–Kier alpha value is -2.37. The van der Waals surface area contributed by atoms with Crippen LogP contribution in [-0.2, 0) is 9.47 Å². The smallest absolute Gasteiger partial charge is 0.409 e. The molecule has 26 heavy (non-hydrogen) atoms. The van der Waals surface area contributed by atoms with Crippen LogP contribution >= 0.6 is 0 Å². The van der Waals surface area contributed by atoms with E-state index in [2.05, 4.69) is 24.3 Å². The summed E-state index contributed by atoms with van der Waals surface area (Å²) >= 11 is 0. The van der Waals surface area contributed by atoms with Gasteiger partial charge in [0.05, 0.1) is 25.3 Å². The van der Waals surface area contributed by atoms with Crippen LogP contribution < -0.4 is 0 Å². The highest BCUT2D eigenvalue weighted by molar-refractivity contribution is 5.79. The molecule has 2 aromatic rings. The number of methoxy groups -OCH3 is 1. The van der Waals surface area contributed by atoms with Crippen LogP contribution in [0.3, 0.4) is 0 Å². The number of carbonyl (C=O) groups excluding carboxylic acids is 1. The number of likely N-dealkylation sites (tertiary alicyclic amines) is 1.